The van der Waals surface area contributed by atoms with Gasteiger partial charge in [0.25, 0.3) is 0 Å². The zero-order chi connectivity index (χ0) is 18.4. The molecule has 2 rings (SSSR count). The molecule has 0 aromatic heterocycles. The Balaban J connectivity index is 1.89. The van der Waals surface area contributed by atoms with Crippen LogP contribution >= 0.6 is 15.9 Å². The van der Waals surface area contributed by atoms with Crippen LogP contribution in [0, 0.1) is 5.92 Å². The predicted octanol–water partition coefficient (Wildman–Crippen LogP) is 4.77. The second-order valence-electron chi connectivity index (χ2n) is 6.79. The molecule has 0 aliphatic rings. The van der Waals surface area contributed by atoms with Crippen LogP contribution in [0.3, 0.4) is 0 Å². The second-order valence-corrected chi connectivity index (χ2v) is 9.81. The largest absolute Gasteiger partial charge is 0.309 e. The van der Waals surface area contributed by atoms with Crippen LogP contribution in [0.5, 0.6) is 0 Å². The van der Waals surface area contributed by atoms with Crippen molar-refractivity contribution in [2.24, 2.45) is 5.92 Å². The molecule has 0 unspecified atom stereocenters. The van der Waals surface area contributed by atoms with E-state index in [0.29, 0.717) is 17.4 Å². The van der Waals surface area contributed by atoms with Crippen LogP contribution in [0.1, 0.15) is 37.9 Å². The molecule has 0 saturated heterocycles. The summed E-state index contributed by atoms with van der Waals surface area (Å²) >= 11 is 3.32. The number of nitrogens with one attached hydrogen (secondary N) is 1. The van der Waals surface area contributed by atoms with Crippen molar-refractivity contribution in [3.05, 3.63) is 64.1 Å². The van der Waals surface area contributed by atoms with Gasteiger partial charge in [-0.15, -0.1) is 0 Å². The highest BCUT2D eigenvalue weighted by molar-refractivity contribution is 9.10. The summed E-state index contributed by atoms with van der Waals surface area (Å²) in [6.07, 6.45) is 1.08. The lowest BCUT2D eigenvalue weighted by Gasteiger charge is -2.15. The van der Waals surface area contributed by atoms with Gasteiger partial charge in [-0.25, -0.2) is 8.42 Å². The van der Waals surface area contributed by atoms with Crippen molar-refractivity contribution < 1.29 is 8.42 Å². The average molecular weight is 424 g/mol. The second kappa shape index (κ2) is 8.97. The Kier molecular flexibility index (Phi) is 7.23. The number of rotatable bonds is 8. The zero-order valence-corrected chi connectivity index (χ0v) is 17.4. The first-order valence-corrected chi connectivity index (χ1v) is 11.0. The third-order valence-electron chi connectivity index (χ3n) is 4.12. The summed E-state index contributed by atoms with van der Waals surface area (Å²) in [6.45, 7) is 6.91. The Bertz CT molecular complexity index is 768. The van der Waals surface area contributed by atoms with Crippen molar-refractivity contribution >= 4 is 25.8 Å². The minimum absolute atomic E-state index is 0.0877. The maximum atomic E-state index is 12.4. The van der Waals surface area contributed by atoms with Gasteiger partial charge in [-0.3, -0.25) is 0 Å². The van der Waals surface area contributed by atoms with Gasteiger partial charge in [0, 0.05) is 17.1 Å². The first-order valence-electron chi connectivity index (χ1n) is 8.58. The van der Waals surface area contributed by atoms with E-state index in [1.807, 2.05) is 0 Å². The molecule has 0 aliphatic heterocycles. The van der Waals surface area contributed by atoms with Crippen LogP contribution in [0.15, 0.2) is 57.9 Å². The van der Waals surface area contributed by atoms with E-state index in [1.165, 1.54) is 11.1 Å². The summed E-state index contributed by atoms with van der Waals surface area (Å²) in [6, 6.07) is 15.5. The maximum absolute atomic E-state index is 12.4. The lowest BCUT2D eigenvalue weighted by Crippen LogP contribution is -2.25. The van der Waals surface area contributed by atoms with E-state index in [0.717, 1.165) is 10.9 Å². The van der Waals surface area contributed by atoms with Crippen molar-refractivity contribution in [1.82, 2.24) is 5.32 Å². The van der Waals surface area contributed by atoms with Gasteiger partial charge in [-0.1, -0.05) is 54.0 Å². The smallest absolute Gasteiger partial charge is 0.179 e. The third kappa shape index (κ3) is 6.24. The van der Waals surface area contributed by atoms with Crippen molar-refractivity contribution in [3.8, 4) is 0 Å². The Morgan fingerprint density at radius 3 is 2.12 bits per heavy atom. The van der Waals surface area contributed by atoms with Crippen LogP contribution in [-0.4, -0.2) is 20.7 Å². The monoisotopic (exact) mass is 423 g/mol. The lowest BCUT2D eigenvalue weighted by atomic mass is 10.00. The van der Waals surface area contributed by atoms with Gasteiger partial charge in [0.15, 0.2) is 9.84 Å². The average Bonchev–Trinajstić information content (AvgIpc) is 2.55. The molecule has 0 radical (unpaired) electrons. The summed E-state index contributed by atoms with van der Waals surface area (Å²) in [5.41, 5.74) is 2.51. The Labute approximate surface area is 159 Å². The van der Waals surface area contributed by atoms with Crippen LogP contribution < -0.4 is 5.32 Å². The van der Waals surface area contributed by atoms with Gasteiger partial charge in [0.05, 0.1) is 10.6 Å². The van der Waals surface area contributed by atoms with Gasteiger partial charge in [0.2, 0.25) is 0 Å². The third-order valence-corrected chi connectivity index (χ3v) is 6.38. The standard InChI is InChI=1S/C20H26BrNO2S/c1-15(2)14-17-4-6-18(7-5-17)16(3)22-12-13-25(23,24)20-10-8-19(21)9-11-20/h4-11,15-16,22H,12-14H2,1-3H3/t16-/m0/s1. The minimum Gasteiger partial charge on any atom is -0.309 e. The van der Waals surface area contributed by atoms with Gasteiger partial charge in [-0.05, 0) is 54.7 Å². The van der Waals surface area contributed by atoms with Gasteiger partial charge < -0.3 is 5.32 Å². The maximum Gasteiger partial charge on any atom is 0.179 e. The van der Waals surface area contributed by atoms with Gasteiger partial charge >= 0.3 is 0 Å². The topological polar surface area (TPSA) is 46.2 Å². The molecular formula is C20H26BrNO2S. The number of hydrogen-bond donors (Lipinski definition) is 1. The van der Waals surface area contributed by atoms with Crippen LogP contribution in [-0.2, 0) is 16.3 Å². The van der Waals surface area contributed by atoms with Crippen molar-refractivity contribution in [2.45, 2.75) is 38.1 Å². The highest BCUT2D eigenvalue weighted by Gasteiger charge is 2.14. The number of sulfone groups is 1. The molecule has 0 saturated carbocycles. The fraction of sp³-hybridized carbons (Fsp3) is 0.400. The van der Waals surface area contributed by atoms with Crippen molar-refractivity contribution in [3.63, 3.8) is 0 Å². The number of halogens is 1. The Morgan fingerprint density at radius 1 is 0.960 bits per heavy atom. The Morgan fingerprint density at radius 2 is 1.56 bits per heavy atom. The summed E-state index contributed by atoms with van der Waals surface area (Å²) in [5, 5.41) is 3.31. The van der Waals surface area contributed by atoms with E-state index in [1.54, 1.807) is 24.3 Å². The summed E-state index contributed by atoms with van der Waals surface area (Å²) < 4.78 is 25.6. The van der Waals surface area contributed by atoms with Crippen LogP contribution in [0.2, 0.25) is 0 Å². The molecule has 1 atom stereocenters. The van der Waals surface area contributed by atoms with Crippen LogP contribution in [0.25, 0.3) is 0 Å². The van der Waals surface area contributed by atoms with Gasteiger partial charge in [0.1, 0.15) is 0 Å². The molecule has 136 valence electrons. The fourth-order valence-corrected chi connectivity index (χ4v) is 4.14. The molecule has 2 aromatic rings. The zero-order valence-electron chi connectivity index (χ0n) is 15.0. The number of hydrogen-bond acceptors (Lipinski definition) is 3. The first kappa shape index (κ1) is 20.1. The quantitative estimate of drug-likeness (QED) is 0.664. The normalized spacial score (nSPS) is 13.2. The molecule has 1 N–H and O–H groups in total. The van der Waals surface area contributed by atoms with E-state index >= 15 is 0 Å². The van der Waals surface area contributed by atoms with Gasteiger partial charge in [-0.2, -0.15) is 0 Å². The molecule has 0 fully saturated rings. The predicted molar refractivity (Wildman–Crippen MR) is 108 cm³/mol. The fourth-order valence-electron chi connectivity index (χ4n) is 2.70. The summed E-state index contributed by atoms with van der Waals surface area (Å²) in [7, 11) is -3.26. The van der Waals surface area contributed by atoms with Crippen molar-refractivity contribution in [2.75, 3.05) is 12.3 Å². The minimum atomic E-state index is -3.26. The number of benzene rings is 2. The van der Waals surface area contributed by atoms with E-state index in [-0.39, 0.29) is 11.8 Å². The molecule has 0 aliphatic carbocycles. The molecule has 5 heteroatoms. The molecule has 25 heavy (non-hydrogen) atoms. The Hall–Kier alpha value is -1.17. The molecule has 0 heterocycles. The summed E-state index contributed by atoms with van der Waals surface area (Å²) in [5.74, 6) is 0.731. The van der Waals surface area contributed by atoms with E-state index in [2.05, 4.69) is 66.3 Å². The SMILES string of the molecule is CC(C)Cc1ccc([C@H](C)NCCS(=O)(=O)c2ccc(Br)cc2)cc1. The highest BCUT2D eigenvalue weighted by atomic mass is 79.9. The molecule has 3 nitrogen and oxygen atoms in total. The van der Waals surface area contributed by atoms with E-state index in [4.69, 9.17) is 0 Å². The molecule has 0 spiro atoms. The molecule has 0 bridgehead atoms. The first-order chi connectivity index (χ1) is 11.8. The van der Waals surface area contributed by atoms with Crippen molar-refractivity contribution in [1.29, 1.82) is 0 Å². The summed E-state index contributed by atoms with van der Waals surface area (Å²) in [4.78, 5) is 0.364. The highest BCUT2D eigenvalue weighted by Crippen LogP contribution is 2.17. The lowest BCUT2D eigenvalue weighted by molar-refractivity contribution is 0.572. The van der Waals surface area contributed by atoms with E-state index in [9.17, 15) is 8.42 Å². The van der Waals surface area contributed by atoms with E-state index < -0.39 is 9.84 Å². The molecule has 2 aromatic carbocycles. The van der Waals surface area contributed by atoms with Crippen LogP contribution in [0.4, 0.5) is 0 Å². The molecular weight excluding hydrogens is 398 g/mol. The molecule has 0 amide bonds.